The summed E-state index contributed by atoms with van der Waals surface area (Å²) in [6, 6.07) is 13.4. The number of urea groups is 1. The summed E-state index contributed by atoms with van der Waals surface area (Å²) >= 11 is 0. The van der Waals surface area contributed by atoms with E-state index < -0.39 is 11.7 Å². The van der Waals surface area contributed by atoms with Crippen LogP contribution in [0.15, 0.2) is 53.1 Å². The summed E-state index contributed by atoms with van der Waals surface area (Å²) in [5.74, 6) is 1.07. The Labute approximate surface area is 228 Å². The number of aryl methyl sites for hydroxylation is 1. The monoisotopic (exact) mass is 549 g/mol. The number of nitrogens with zero attached hydrogens (tertiary/aromatic N) is 6. The summed E-state index contributed by atoms with van der Waals surface area (Å²) in [4.78, 5) is 25.9. The van der Waals surface area contributed by atoms with Crippen LogP contribution in [-0.2, 0) is 12.6 Å². The van der Waals surface area contributed by atoms with Gasteiger partial charge < -0.3 is 19.6 Å². The first-order valence-electron chi connectivity index (χ1n) is 12.9. The summed E-state index contributed by atoms with van der Waals surface area (Å²) in [6.45, 7) is 3.84. The number of amides is 2. The number of rotatable bonds is 5. The highest BCUT2D eigenvalue weighted by molar-refractivity contribution is 5.98. The molecule has 2 amide bonds. The zero-order chi connectivity index (χ0) is 28.3. The minimum absolute atomic E-state index is 0.206. The van der Waals surface area contributed by atoms with Crippen LogP contribution in [0.25, 0.3) is 22.4 Å². The zero-order valence-corrected chi connectivity index (χ0v) is 21.7. The number of fused-ring (bicyclic) bond motifs is 1. The van der Waals surface area contributed by atoms with Crippen molar-refractivity contribution in [1.29, 1.82) is 5.26 Å². The Kier molecular flexibility index (Phi) is 7.55. The SMILES string of the molecule is CCCc1nc(N2CCCN(C(=O)Nc3cccc(C#N)c3)CC2)c2c(-c3cccc(C(F)(F)F)c3)noc2n1. The van der Waals surface area contributed by atoms with Crippen LogP contribution in [0.1, 0.15) is 36.7 Å². The maximum absolute atomic E-state index is 13.4. The molecule has 0 saturated carbocycles. The van der Waals surface area contributed by atoms with Gasteiger partial charge in [0.1, 0.15) is 22.7 Å². The lowest BCUT2D eigenvalue weighted by Gasteiger charge is -2.24. The lowest BCUT2D eigenvalue weighted by atomic mass is 10.1. The van der Waals surface area contributed by atoms with E-state index in [1.54, 1.807) is 35.2 Å². The molecule has 40 heavy (non-hydrogen) atoms. The quantitative estimate of drug-likeness (QED) is 0.331. The summed E-state index contributed by atoms with van der Waals surface area (Å²) in [5.41, 5.74) is 0.871. The van der Waals surface area contributed by atoms with Gasteiger partial charge in [-0.2, -0.15) is 23.4 Å². The number of nitriles is 1. The van der Waals surface area contributed by atoms with Crippen LogP contribution >= 0.6 is 0 Å². The van der Waals surface area contributed by atoms with Crippen molar-refractivity contribution >= 4 is 28.6 Å². The average molecular weight is 550 g/mol. The first-order chi connectivity index (χ1) is 19.3. The Balaban J connectivity index is 1.45. The molecule has 1 N–H and O–H groups in total. The number of alkyl halides is 3. The molecule has 206 valence electrons. The molecule has 1 aliphatic rings. The molecule has 12 heteroatoms. The molecule has 3 heterocycles. The fraction of sp³-hybridized carbons (Fsp3) is 0.321. The van der Waals surface area contributed by atoms with Gasteiger partial charge in [-0.05, 0) is 43.2 Å². The molecule has 0 aliphatic carbocycles. The summed E-state index contributed by atoms with van der Waals surface area (Å²) < 4.78 is 45.8. The van der Waals surface area contributed by atoms with Crippen LogP contribution in [0.3, 0.4) is 0 Å². The molecular weight excluding hydrogens is 523 g/mol. The molecule has 4 aromatic rings. The number of carbonyl (C=O) groups is 1. The second-order valence-corrected chi connectivity index (χ2v) is 9.45. The van der Waals surface area contributed by atoms with Crippen molar-refractivity contribution in [2.24, 2.45) is 0 Å². The standard InChI is InChI=1S/C28H26F3N7O2/c1-2-6-22-34-25(23-24(36-40-26(23)35-22)19-8-4-9-20(16-19)28(29,30)31)37-11-5-12-38(14-13-37)27(39)33-21-10-3-7-18(15-21)17-32/h3-4,7-10,15-16H,2,5-6,11-14H2,1H3,(H,33,39). The van der Waals surface area contributed by atoms with Crippen molar-refractivity contribution in [3.8, 4) is 17.3 Å². The van der Waals surface area contributed by atoms with E-state index in [0.29, 0.717) is 67.3 Å². The highest BCUT2D eigenvalue weighted by Crippen LogP contribution is 2.37. The van der Waals surface area contributed by atoms with E-state index in [-0.39, 0.29) is 23.0 Å². The van der Waals surface area contributed by atoms with Crippen LogP contribution in [-0.4, -0.2) is 52.2 Å². The molecule has 5 rings (SSSR count). The fourth-order valence-corrected chi connectivity index (χ4v) is 4.69. The molecule has 1 aliphatic heterocycles. The number of aromatic nitrogens is 3. The fourth-order valence-electron chi connectivity index (χ4n) is 4.69. The molecule has 0 bridgehead atoms. The second kappa shape index (κ2) is 11.2. The van der Waals surface area contributed by atoms with Crippen molar-refractivity contribution in [1.82, 2.24) is 20.0 Å². The molecular formula is C28H26F3N7O2. The lowest BCUT2D eigenvalue weighted by Crippen LogP contribution is -2.38. The molecule has 0 unspecified atom stereocenters. The maximum atomic E-state index is 13.4. The third kappa shape index (κ3) is 5.68. The van der Waals surface area contributed by atoms with Crippen LogP contribution in [0.5, 0.6) is 0 Å². The third-order valence-electron chi connectivity index (χ3n) is 6.63. The molecule has 0 atom stereocenters. The molecule has 0 radical (unpaired) electrons. The van der Waals surface area contributed by atoms with E-state index >= 15 is 0 Å². The number of benzene rings is 2. The van der Waals surface area contributed by atoms with Crippen LogP contribution in [0.2, 0.25) is 0 Å². The van der Waals surface area contributed by atoms with Crippen LogP contribution in [0.4, 0.5) is 29.5 Å². The highest BCUT2D eigenvalue weighted by Gasteiger charge is 2.32. The largest absolute Gasteiger partial charge is 0.416 e. The lowest BCUT2D eigenvalue weighted by molar-refractivity contribution is -0.137. The Morgan fingerprint density at radius 3 is 2.70 bits per heavy atom. The summed E-state index contributed by atoms with van der Waals surface area (Å²) in [6.07, 6.45) is -2.49. The van der Waals surface area contributed by atoms with Gasteiger partial charge in [0.25, 0.3) is 5.71 Å². The number of hydrogen-bond acceptors (Lipinski definition) is 7. The van der Waals surface area contributed by atoms with Gasteiger partial charge in [-0.3, -0.25) is 0 Å². The van der Waals surface area contributed by atoms with Crippen LogP contribution in [0, 0.1) is 11.3 Å². The molecule has 0 spiro atoms. The van der Waals surface area contributed by atoms with E-state index in [9.17, 15) is 18.0 Å². The number of hydrogen-bond donors (Lipinski definition) is 1. The van der Waals surface area contributed by atoms with Crippen molar-refractivity contribution in [2.75, 3.05) is 36.4 Å². The maximum Gasteiger partial charge on any atom is 0.416 e. The number of anilines is 2. The molecule has 1 saturated heterocycles. The average Bonchev–Trinajstić information content (AvgIpc) is 3.21. The Bertz CT molecular complexity index is 1580. The zero-order valence-electron chi connectivity index (χ0n) is 21.7. The van der Waals surface area contributed by atoms with Crippen LogP contribution < -0.4 is 10.2 Å². The van der Waals surface area contributed by atoms with E-state index in [0.717, 1.165) is 18.6 Å². The van der Waals surface area contributed by atoms with E-state index in [4.69, 9.17) is 14.8 Å². The molecule has 2 aromatic heterocycles. The third-order valence-corrected chi connectivity index (χ3v) is 6.63. The van der Waals surface area contributed by atoms with E-state index in [1.165, 1.54) is 6.07 Å². The first kappa shape index (κ1) is 26.9. The van der Waals surface area contributed by atoms with Gasteiger partial charge in [-0.15, -0.1) is 0 Å². The number of carbonyl (C=O) groups excluding carboxylic acids is 1. The van der Waals surface area contributed by atoms with E-state index in [1.807, 2.05) is 11.8 Å². The van der Waals surface area contributed by atoms with Gasteiger partial charge in [0.05, 0.1) is 17.2 Å². The van der Waals surface area contributed by atoms with Crippen molar-refractivity contribution in [3.05, 3.63) is 65.5 Å². The van der Waals surface area contributed by atoms with Gasteiger partial charge in [0.2, 0.25) is 0 Å². The topological polar surface area (TPSA) is 111 Å². The van der Waals surface area contributed by atoms with Crippen molar-refractivity contribution < 1.29 is 22.5 Å². The van der Waals surface area contributed by atoms with Crippen molar-refractivity contribution in [2.45, 2.75) is 32.4 Å². The predicted octanol–water partition coefficient (Wildman–Crippen LogP) is 5.87. The van der Waals surface area contributed by atoms with Gasteiger partial charge in [-0.1, -0.05) is 30.3 Å². The molecule has 1 fully saturated rings. The second-order valence-electron chi connectivity index (χ2n) is 9.45. The predicted molar refractivity (Wildman–Crippen MR) is 143 cm³/mol. The summed E-state index contributed by atoms with van der Waals surface area (Å²) in [7, 11) is 0. The highest BCUT2D eigenvalue weighted by atomic mass is 19.4. The van der Waals surface area contributed by atoms with Gasteiger partial charge in [0.15, 0.2) is 0 Å². The first-order valence-corrected chi connectivity index (χ1v) is 12.9. The minimum atomic E-state index is -4.51. The Hall–Kier alpha value is -4.66. The minimum Gasteiger partial charge on any atom is -0.354 e. The normalized spacial score (nSPS) is 14.2. The molecule has 2 aromatic carbocycles. The van der Waals surface area contributed by atoms with E-state index in [2.05, 4.69) is 21.5 Å². The number of halogens is 3. The number of nitrogens with one attached hydrogen (secondary N) is 1. The van der Waals surface area contributed by atoms with Gasteiger partial charge >= 0.3 is 12.2 Å². The van der Waals surface area contributed by atoms with Gasteiger partial charge in [-0.25, -0.2) is 9.78 Å². The Morgan fingerprint density at radius 1 is 1.10 bits per heavy atom. The molecule has 9 nitrogen and oxygen atoms in total. The van der Waals surface area contributed by atoms with Crippen molar-refractivity contribution in [3.63, 3.8) is 0 Å². The Morgan fingerprint density at radius 2 is 1.93 bits per heavy atom. The van der Waals surface area contributed by atoms with Gasteiger partial charge in [0, 0.05) is 43.9 Å². The summed E-state index contributed by atoms with van der Waals surface area (Å²) in [5, 5.41) is 16.5. The smallest absolute Gasteiger partial charge is 0.354 e.